The number of alkyl halides is 1. The van der Waals surface area contributed by atoms with Crippen molar-refractivity contribution in [3.05, 3.63) is 47.5 Å². The molecule has 1 atom stereocenters. The SMILES string of the molecule is CC(Cn1cccn1)n1c(CCl)nc2ccc(Cl)cc21. The van der Waals surface area contributed by atoms with Crippen LogP contribution in [-0.2, 0) is 12.4 Å². The Hall–Kier alpha value is -1.52. The number of imidazole rings is 1. The van der Waals surface area contributed by atoms with Gasteiger partial charge in [0, 0.05) is 17.4 Å². The van der Waals surface area contributed by atoms with Crippen LogP contribution in [0.2, 0.25) is 5.02 Å². The van der Waals surface area contributed by atoms with E-state index in [1.807, 2.05) is 35.1 Å². The number of hydrogen-bond acceptors (Lipinski definition) is 2. The van der Waals surface area contributed by atoms with E-state index in [1.165, 1.54) is 0 Å². The molecular formula is C14H14Cl2N4. The molecule has 3 aromatic rings. The van der Waals surface area contributed by atoms with Crippen molar-refractivity contribution in [2.24, 2.45) is 0 Å². The number of halogens is 2. The van der Waals surface area contributed by atoms with Gasteiger partial charge in [-0.3, -0.25) is 4.68 Å². The predicted octanol–water partition coefficient (Wildman–Crippen LogP) is 3.89. The zero-order valence-corrected chi connectivity index (χ0v) is 12.5. The molecule has 6 heteroatoms. The Bertz CT molecular complexity index is 718. The van der Waals surface area contributed by atoms with Gasteiger partial charge in [-0.05, 0) is 31.2 Å². The zero-order chi connectivity index (χ0) is 14.1. The summed E-state index contributed by atoms with van der Waals surface area (Å²) in [6.45, 7) is 2.88. The fraction of sp³-hybridized carbons (Fsp3) is 0.286. The van der Waals surface area contributed by atoms with Gasteiger partial charge < -0.3 is 4.57 Å². The Labute approximate surface area is 126 Å². The Kier molecular flexibility index (Phi) is 3.68. The molecule has 0 fully saturated rings. The number of rotatable bonds is 4. The molecule has 104 valence electrons. The summed E-state index contributed by atoms with van der Waals surface area (Å²) in [6, 6.07) is 7.80. The lowest BCUT2D eigenvalue weighted by Gasteiger charge is -2.17. The maximum absolute atomic E-state index is 6.10. The summed E-state index contributed by atoms with van der Waals surface area (Å²) in [7, 11) is 0. The predicted molar refractivity (Wildman–Crippen MR) is 81.2 cm³/mol. The first-order valence-electron chi connectivity index (χ1n) is 6.39. The normalized spacial score (nSPS) is 12.9. The molecule has 0 N–H and O–H groups in total. The lowest BCUT2D eigenvalue weighted by Crippen LogP contribution is -2.15. The third kappa shape index (κ3) is 2.41. The summed E-state index contributed by atoms with van der Waals surface area (Å²) in [5.41, 5.74) is 1.92. The van der Waals surface area contributed by atoms with Crippen LogP contribution in [0, 0.1) is 0 Å². The van der Waals surface area contributed by atoms with Gasteiger partial charge in [0.15, 0.2) is 0 Å². The van der Waals surface area contributed by atoms with E-state index in [-0.39, 0.29) is 6.04 Å². The molecule has 2 heterocycles. The second kappa shape index (κ2) is 5.46. The van der Waals surface area contributed by atoms with E-state index in [2.05, 4.69) is 21.6 Å². The van der Waals surface area contributed by atoms with Crippen molar-refractivity contribution in [3.8, 4) is 0 Å². The van der Waals surface area contributed by atoms with Crippen molar-refractivity contribution < 1.29 is 0 Å². The van der Waals surface area contributed by atoms with Crippen LogP contribution in [0.15, 0.2) is 36.7 Å². The maximum Gasteiger partial charge on any atom is 0.125 e. The van der Waals surface area contributed by atoms with Crippen molar-refractivity contribution in [1.82, 2.24) is 19.3 Å². The molecule has 0 radical (unpaired) electrons. The molecule has 0 aliphatic heterocycles. The minimum atomic E-state index is 0.187. The number of hydrogen-bond donors (Lipinski definition) is 0. The van der Waals surface area contributed by atoms with E-state index in [1.54, 1.807) is 6.20 Å². The summed E-state index contributed by atoms with van der Waals surface area (Å²) in [6.07, 6.45) is 3.72. The molecule has 1 unspecified atom stereocenters. The third-order valence-corrected chi connectivity index (χ3v) is 3.77. The monoisotopic (exact) mass is 308 g/mol. The van der Waals surface area contributed by atoms with Crippen LogP contribution >= 0.6 is 23.2 Å². The number of nitrogens with zero attached hydrogens (tertiary/aromatic N) is 4. The molecule has 0 bridgehead atoms. The van der Waals surface area contributed by atoms with E-state index in [0.29, 0.717) is 10.9 Å². The molecule has 0 aliphatic carbocycles. The molecule has 0 amide bonds. The number of aromatic nitrogens is 4. The smallest absolute Gasteiger partial charge is 0.125 e. The van der Waals surface area contributed by atoms with Crippen LogP contribution in [0.1, 0.15) is 18.8 Å². The Balaban J connectivity index is 2.06. The first-order chi connectivity index (χ1) is 9.69. The molecule has 3 rings (SSSR count). The first kappa shape index (κ1) is 13.5. The Morgan fingerprint density at radius 1 is 1.35 bits per heavy atom. The summed E-state index contributed by atoms with van der Waals surface area (Å²) in [5, 5.41) is 4.94. The third-order valence-electron chi connectivity index (χ3n) is 3.30. The quantitative estimate of drug-likeness (QED) is 0.686. The molecule has 0 saturated heterocycles. The van der Waals surface area contributed by atoms with E-state index >= 15 is 0 Å². The summed E-state index contributed by atoms with van der Waals surface area (Å²) >= 11 is 12.1. The molecule has 2 aromatic heterocycles. The van der Waals surface area contributed by atoms with Gasteiger partial charge in [0.1, 0.15) is 5.82 Å². The van der Waals surface area contributed by atoms with E-state index in [9.17, 15) is 0 Å². The van der Waals surface area contributed by atoms with Gasteiger partial charge in [-0.2, -0.15) is 5.10 Å². The second-order valence-corrected chi connectivity index (χ2v) is 5.45. The zero-order valence-electron chi connectivity index (χ0n) is 11.0. The van der Waals surface area contributed by atoms with Gasteiger partial charge in [-0.15, -0.1) is 11.6 Å². The van der Waals surface area contributed by atoms with E-state index < -0.39 is 0 Å². The fourth-order valence-corrected chi connectivity index (χ4v) is 2.82. The van der Waals surface area contributed by atoms with Gasteiger partial charge in [-0.25, -0.2) is 4.98 Å². The van der Waals surface area contributed by atoms with Gasteiger partial charge in [0.2, 0.25) is 0 Å². The molecule has 0 saturated carbocycles. The fourth-order valence-electron chi connectivity index (χ4n) is 2.46. The van der Waals surface area contributed by atoms with Crippen molar-refractivity contribution in [1.29, 1.82) is 0 Å². The van der Waals surface area contributed by atoms with Crippen LogP contribution < -0.4 is 0 Å². The van der Waals surface area contributed by atoms with Crippen molar-refractivity contribution in [2.45, 2.75) is 25.4 Å². The largest absolute Gasteiger partial charge is 0.322 e. The molecule has 20 heavy (non-hydrogen) atoms. The summed E-state index contributed by atoms with van der Waals surface area (Å²) in [5.74, 6) is 1.22. The lowest BCUT2D eigenvalue weighted by molar-refractivity contribution is 0.438. The van der Waals surface area contributed by atoms with Crippen molar-refractivity contribution in [2.75, 3.05) is 0 Å². The Morgan fingerprint density at radius 3 is 2.90 bits per heavy atom. The van der Waals surface area contributed by atoms with Crippen LogP contribution in [-0.4, -0.2) is 19.3 Å². The van der Waals surface area contributed by atoms with Gasteiger partial charge in [-0.1, -0.05) is 11.6 Å². The first-order valence-corrected chi connectivity index (χ1v) is 7.30. The highest BCUT2D eigenvalue weighted by Crippen LogP contribution is 2.25. The molecule has 0 aliphatic rings. The van der Waals surface area contributed by atoms with Crippen LogP contribution in [0.25, 0.3) is 11.0 Å². The van der Waals surface area contributed by atoms with Gasteiger partial charge >= 0.3 is 0 Å². The standard InChI is InChI=1S/C14H14Cl2N4/c1-10(9-19-6-2-5-17-19)20-13-7-11(16)3-4-12(13)18-14(20)8-15/h2-7,10H,8-9H2,1H3. The van der Waals surface area contributed by atoms with Gasteiger partial charge in [0.25, 0.3) is 0 Å². The molecule has 4 nitrogen and oxygen atoms in total. The van der Waals surface area contributed by atoms with Crippen LogP contribution in [0.3, 0.4) is 0 Å². The van der Waals surface area contributed by atoms with Gasteiger partial charge in [0.05, 0.1) is 29.5 Å². The van der Waals surface area contributed by atoms with Crippen LogP contribution in [0.5, 0.6) is 0 Å². The highest BCUT2D eigenvalue weighted by atomic mass is 35.5. The molecule has 0 spiro atoms. The number of benzene rings is 1. The molecule has 1 aromatic carbocycles. The molecular weight excluding hydrogens is 295 g/mol. The van der Waals surface area contributed by atoms with Crippen LogP contribution in [0.4, 0.5) is 0 Å². The maximum atomic E-state index is 6.10. The number of fused-ring (bicyclic) bond motifs is 1. The van der Waals surface area contributed by atoms with E-state index in [0.717, 1.165) is 23.4 Å². The second-order valence-electron chi connectivity index (χ2n) is 4.74. The summed E-state index contributed by atoms with van der Waals surface area (Å²) in [4.78, 5) is 4.57. The topological polar surface area (TPSA) is 35.6 Å². The lowest BCUT2D eigenvalue weighted by atomic mass is 10.2. The summed E-state index contributed by atoms with van der Waals surface area (Å²) < 4.78 is 4.04. The van der Waals surface area contributed by atoms with Crippen molar-refractivity contribution in [3.63, 3.8) is 0 Å². The minimum absolute atomic E-state index is 0.187. The van der Waals surface area contributed by atoms with E-state index in [4.69, 9.17) is 23.2 Å². The minimum Gasteiger partial charge on any atom is -0.322 e. The Morgan fingerprint density at radius 2 is 2.20 bits per heavy atom. The van der Waals surface area contributed by atoms with Crippen molar-refractivity contribution >= 4 is 34.2 Å². The highest BCUT2D eigenvalue weighted by Gasteiger charge is 2.16. The average molecular weight is 309 g/mol. The highest BCUT2D eigenvalue weighted by molar-refractivity contribution is 6.31. The average Bonchev–Trinajstić information content (AvgIpc) is 3.04.